The fourth-order valence-corrected chi connectivity index (χ4v) is 3.14. The van der Waals surface area contributed by atoms with Gasteiger partial charge in [-0.05, 0) is 5.92 Å². The lowest BCUT2D eigenvalue weighted by molar-refractivity contribution is -0.134. The zero-order valence-electron chi connectivity index (χ0n) is 13.1. The summed E-state index contributed by atoms with van der Waals surface area (Å²) in [6.07, 6.45) is 1.79. The van der Waals surface area contributed by atoms with E-state index in [1.54, 1.807) is 0 Å². The third-order valence-corrected chi connectivity index (χ3v) is 4.99. The highest BCUT2D eigenvalue weighted by molar-refractivity contribution is 7.09. The van der Waals surface area contributed by atoms with Crippen molar-refractivity contribution in [1.29, 1.82) is 0 Å². The maximum absolute atomic E-state index is 12.3. The predicted octanol–water partition coefficient (Wildman–Crippen LogP) is 1.12. The second-order valence-corrected chi connectivity index (χ2v) is 6.30. The van der Waals surface area contributed by atoms with Crippen molar-refractivity contribution in [3.05, 3.63) is 5.82 Å². The molecule has 7 heteroatoms. The van der Waals surface area contributed by atoms with Gasteiger partial charge >= 0.3 is 0 Å². The first-order chi connectivity index (χ1) is 10.1. The molecule has 2 rings (SSSR count). The van der Waals surface area contributed by atoms with Crippen molar-refractivity contribution in [3.63, 3.8) is 0 Å². The summed E-state index contributed by atoms with van der Waals surface area (Å²) in [5.41, 5.74) is 6.04. The number of nitrogens with two attached hydrogens (primary N) is 1. The highest BCUT2D eigenvalue weighted by Crippen LogP contribution is 2.20. The number of aryl methyl sites for hydroxylation is 1. The summed E-state index contributed by atoms with van der Waals surface area (Å²) in [5, 5.41) is 0.963. The number of amides is 1. The SMILES string of the molecule is CCc1nsc(N2CCN(C(=O)C(N)C(C)CC)CC2)n1. The van der Waals surface area contributed by atoms with Crippen LogP contribution in [0.25, 0.3) is 0 Å². The predicted molar refractivity (Wildman–Crippen MR) is 85.5 cm³/mol. The maximum atomic E-state index is 12.3. The van der Waals surface area contributed by atoms with Crippen molar-refractivity contribution in [2.75, 3.05) is 31.1 Å². The van der Waals surface area contributed by atoms with Gasteiger partial charge in [-0.15, -0.1) is 0 Å². The van der Waals surface area contributed by atoms with Gasteiger partial charge in [-0.1, -0.05) is 27.2 Å². The monoisotopic (exact) mass is 311 g/mol. The Labute approximate surface area is 130 Å². The van der Waals surface area contributed by atoms with E-state index in [9.17, 15) is 4.79 Å². The largest absolute Gasteiger partial charge is 0.343 e. The fourth-order valence-electron chi connectivity index (χ4n) is 2.34. The third-order valence-electron chi connectivity index (χ3n) is 4.18. The molecule has 0 bridgehead atoms. The van der Waals surface area contributed by atoms with Crippen molar-refractivity contribution < 1.29 is 4.79 Å². The lowest BCUT2D eigenvalue weighted by atomic mass is 9.98. The molecular formula is C14H25N5OS. The van der Waals surface area contributed by atoms with E-state index < -0.39 is 0 Å². The standard InChI is InChI=1S/C14H25N5OS/c1-4-10(3)12(15)13(20)18-6-8-19(9-7-18)14-16-11(5-2)17-21-14/h10,12H,4-9,15H2,1-3H3. The van der Waals surface area contributed by atoms with Crippen molar-refractivity contribution in [3.8, 4) is 0 Å². The second-order valence-electron chi connectivity index (χ2n) is 5.57. The molecule has 6 nitrogen and oxygen atoms in total. The van der Waals surface area contributed by atoms with E-state index in [0.29, 0.717) is 13.1 Å². The van der Waals surface area contributed by atoms with Gasteiger partial charge < -0.3 is 15.5 Å². The lowest BCUT2D eigenvalue weighted by Gasteiger charge is -2.36. The molecule has 2 atom stereocenters. The third kappa shape index (κ3) is 3.71. The fraction of sp³-hybridized carbons (Fsp3) is 0.786. The molecule has 1 aliphatic heterocycles. The molecule has 1 aromatic rings. The highest BCUT2D eigenvalue weighted by Gasteiger charge is 2.28. The van der Waals surface area contributed by atoms with Gasteiger partial charge in [-0.25, -0.2) is 4.98 Å². The Bertz CT molecular complexity index is 470. The van der Waals surface area contributed by atoms with E-state index in [1.807, 2.05) is 11.8 Å². The average Bonchev–Trinajstić information content (AvgIpc) is 3.02. The van der Waals surface area contributed by atoms with Crippen molar-refractivity contribution in [1.82, 2.24) is 14.3 Å². The number of piperazine rings is 1. The number of rotatable bonds is 5. The quantitative estimate of drug-likeness (QED) is 0.882. The lowest BCUT2D eigenvalue weighted by Crippen LogP contribution is -2.54. The molecule has 0 radical (unpaired) electrons. The Morgan fingerprint density at radius 1 is 1.33 bits per heavy atom. The molecule has 1 saturated heterocycles. The molecule has 1 amide bonds. The Morgan fingerprint density at radius 3 is 2.52 bits per heavy atom. The molecule has 1 aromatic heterocycles. The van der Waals surface area contributed by atoms with Crippen LogP contribution in [0.2, 0.25) is 0 Å². The van der Waals surface area contributed by atoms with Crippen LogP contribution in [0.15, 0.2) is 0 Å². The molecule has 1 fully saturated rings. The molecule has 1 aliphatic rings. The van der Waals surface area contributed by atoms with E-state index in [-0.39, 0.29) is 17.9 Å². The Hall–Kier alpha value is -1.21. The second kappa shape index (κ2) is 7.17. The van der Waals surface area contributed by atoms with E-state index in [0.717, 1.165) is 36.9 Å². The topological polar surface area (TPSA) is 75.4 Å². The van der Waals surface area contributed by atoms with Crippen molar-refractivity contribution in [2.45, 2.75) is 39.7 Å². The summed E-state index contributed by atoms with van der Waals surface area (Å²) >= 11 is 1.44. The van der Waals surface area contributed by atoms with Gasteiger partial charge in [0.25, 0.3) is 0 Å². The number of carbonyl (C=O) groups is 1. The van der Waals surface area contributed by atoms with Crippen molar-refractivity contribution >= 4 is 22.6 Å². The summed E-state index contributed by atoms with van der Waals surface area (Å²) < 4.78 is 4.31. The molecule has 2 heterocycles. The molecule has 2 N–H and O–H groups in total. The van der Waals surface area contributed by atoms with Gasteiger partial charge in [0.1, 0.15) is 5.82 Å². The van der Waals surface area contributed by atoms with Crippen LogP contribution >= 0.6 is 11.5 Å². The van der Waals surface area contributed by atoms with Gasteiger partial charge in [0.05, 0.1) is 6.04 Å². The number of carbonyl (C=O) groups excluding carboxylic acids is 1. The van der Waals surface area contributed by atoms with Gasteiger partial charge in [0.2, 0.25) is 11.0 Å². The molecule has 0 spiro atoms. The van der Waals surface area contributed by atoms with Crippen LogP contribution in [-0.2, 0) is 11.2 Å². The number of aromatic nitrogens is 2. The van der Waals surface area contributed by atoms with Gasteiger partial charge in [0.15, 0.2) is 0 Å². The molecule has 118 valence electrons. The minimum absolute atomic E-state index is 0.0792. The van der Waals surface area contributed by atoms with Crippen LogP contribution in [0, 0.1) is 5.92 Å². The summed E-state index contributed by atoms with van der Waals surface area (Å²) in [7, 11) is 0. The van der Waals surface area contributed by atoms with Gasteiger partial charge in [-0.3, -0.25) is 4.79 Å². The van der Waals surface area contributed by atoms with E-state index in [2.05, 4.69) is 28.1 Å². The number of anilines is 1. The maximum Gasteiger partial charge on any atom is 0.239 e. The zero-order chi connectivity index (χ0) is 15.4. The van der Waals surface area contributed by atoms with E-state index in [4.69, 9.17) is 5.73 Å². The van der Waals surface area contributed by atoms with Crippen LogP contribution in [-0.4, -0.2) is 52.4 Å². The smallest absolute Gasteiger partial charge is 0.239 e. The first-order valence-electron chi connectivity index (χ1n) is 7.68. The molecule has 0 aromatic carbocycles. The normalized spacial score (nSPS) is 18.7. The number of hydrogen-bond acceptors (Lipinski definition) is 6. The molecule has 0 saturated carbocycles. The zero-order valence-corrected chi connectivity index (χ0v) is 13.9. The molecule has 2 unspecified atom stereocenters. The summed E-state index contributed by atoms with van der Waals surface area (Å²) in [5.74, 6) is 1.20. The van der Waals surface area contributed by atoms with Crippen LogP contribution < -0.4 is 10.6 Å². The van der Waals surface area contributed by atoms with Crippen LogP contribution in [0.3, 0.4) is 0 Å². The molecule has 0 aliphatic carbocycles. The molecular weight excluding hydrogens is 286 g/mol. The Balaban J connectivity index is 1.89. The first-order valence-corrected chi connectivity index (χ1v) is 8.46. The minimum atomic E-state index is -0.380. The number of hydrogen-bond donors (Lipinski definition) is 1. The summed E-state index contributed by atoms with van der Waals surface area (Å²) in [6, 6.07) is -0.380. The Morgan fingerprint density at radius 2 is 2.00 bits per heavy atom. The molecule has 21 heavy (non-hydrogen) atoms. The summed E-state index contributed by atoms with van der Waals surface area (Å²) in [6.45, 7) is 9.18. The average molecular weight is 311 g/mol. The summed E-state index contributed by atoms with van der Waals surface area (Å²) in [4.78, 5) is 20.9. The number of nitrogens with zero attached hydrogens (tertiary/aromatic N) is 4. The van der Waals surface area contributed by atoms with Crippen LogP contribution in [0.5, 0.6) is 0 Å². The minimum Gasteiger partial charge on any atom is -0.343 e. The van der Waals surface area contributed by atoms with Crippen LogP contribution in [0.4, 0.5) is 5.13 Å². The van der Waals surface area contributed by atoms with E-state index >= 15 is 0 Å². The van der Waals surface area contributed by atoms with Crippen molar-refractivity contribution in [2.24, 2.45) is 11.7 Å². The van der Waals surface area contributed by atoms with Crippen LogP contribution in [0.1, 0.15) is 33.0 Å². The Kier molecular flexibility index (Phi) is 5.52. The van der Waals surface area contributed by atoms with E-state index in [1.165, 1.54) is 11.5 Å². The highest BCUT2D eigenvalue weighted by atomic mass is 32.1. The van der Waals surface area contributed by atoms with Gasteiger partial charge in [-0.2, -0.15) is 4.37 Å². The first kappa shape index (κ1) is 16.2. The van der Waals surface area contributed by atoms with Gasteiger partial charge in [0, 0.05) is 44.1 Å².